The second kappa shape index (κ2) is 3.71. The fourth-order valence-corrected chi connectivity index (χ4v) is 4.71. The fraction of sp³-hybridized carbons (Fsp3) is 1.00. The van der Waals surface area contributed by atoms with Crippen molar-refractivity contribution in [2.75, 3.05) is 6.61 Å². The second-order valence-corrected chi connectivity index (χ2v) is 6.53. The first-order valence-electron chi connectivity index (χ1n) is 6.94. The molecule has 0 heterocycles. The SMILES string of the molecule is CC(C)OCC1(O)CC2CC1C1CCCC21. The zero-order valence-corrected chi connectivity index (χ0v) is 10.5. The molecular formula is C14H24O2. The van der Waals surface area contributed by atoms with E-state index in [1.165, 1.54) is 25.7 Å². The molecule has 0 aromatic rings. The Bertz CT molecular complexity index is 276. The van der Waals surface area contributed by atoms with Gasteiger partial charge in [0.1, 0.15) is 0 Å². The van der Waals surface area contributed by atoms with Crippen molar-refractivity contribution in [3.63, 3.8) is 0 Å². The smallest absolute Gasteiger partial charge is 0.0913 e. The van der Waals surface area contributed by atoms with Crippen LogP contribution in [-0.4, -0.2) is 23.4 Å². The van der Waals surface area contributed by atoms with Crippen LogP contribution in [0.25, 0.3) is 0 Å². The maximum atomic E-state index is 10.8. The van der Waals surface area contributed by atoms with Crippen LogP contribution in [-0.2, 0) is 4.74 Å². The van der Waals surface area contributed by atoms with Crippen molar-refractivity contribution in [2.45, 2.75) is 57.7 Å². The molecule has 0 aliphatic heterocycles. The Labute approximate surface area is 98.4 Å². The third-order valence-corrected chi connectivity index (χ3v) is 5.28. The topological polar surface area (TPSA) is 29.5 Å². The van der Waals surface area contributed by atoms with Gasteiger partial charge in [-0.25, -0.2) is 0 Å². The first kappa shape index (κ1) is 11.0. The number of ether oxygens (including phenoxy) is 1. The van der Waals surface area contributed by atoms with E-state index in [4.69, 9.17) is 4.74 Å². The Morgan fingerprint density at radius 1 is 1.31 bits per heavy atom. The van der Waals surface area contributed by atoms with Gasteiger partial charge >= 0.3 is 0 Å². The Balaban J connectivity index is 1.70. The van der Waals surface area contributed by atoms with Crippen LogP contribution in [0.1, 0.15) is 46.0 Å². The summed E-state index contributed by atoms with van der Waals surface area (Å²) in [5, 5.41) is 10.8. The molecule has 5 unspecified atom stereocenters. The van der Waals surface area contributed by atoms with E-state index < -0.39 is 5.60 Å². The van der Waals surface area contributed by atoms with Gasteiger partial charge in [0, 0.05) is 0 Å². The number of hydrogen-bond acceptors (Lipinski definition) is 2. The van der Waals surface area contributed by atoms with Gasteiger partial charge in [0.2, 0.25) is 0 Å². The highest BCUT2D eigenvalue weighted by Gasteiger charge is 2.60. The average molecular weight is 224 g/mol. The molecule has 0 radical (unpaired) electrons. The lowest BCUT2D eigenvalue weighted by Gasteiger charge is -2.39. The number of fused-ring (bicyclic) bond motifs is 5. The Kier molecular flexibility index (Phi) is 2.56. The van der Waals surface area contributed by atoms with Gasteiger partial charge in [-0.1, -0.05) is 6.42 Å². The molecule has 0 amide bonds. The van der Waals surface area contributed by atoms with Crippen LogP contribution >= 0.6 is 0 Å². The molecule has 5 atom stereocenters. The molecule has 0 saturated heterocycles. The molecule has 0 aromatic carbocycles. The van der Waals surface area contributed by atoms with Gasteiger partial charge < -0.3 is 9.84 Å². The zero-order chi connectivity index (χ0) is 11.3. The lowest BCUT2D eigenvalue weighted by molar-refractivity contribution is -0.113. The molecule has 0 spiro atoms. The van der Waals surface area contributed by atoms with Crippen molar-refractivity contribution in [3.05, 3.63) is 0 Å². The summed E-state index contributed by atoms with van der Waals surface area (Å²) in [5.41, 5.74) is -0.486. The van der Waals surface area contributed by atoms with E-state index in [0.717, 1.165) is 24.2 Å². The molecule has 3 rings (SSSR count). The molecule has 3 aliphatic carbocycles. The van der Waals surface area contributed by atoms with E-state index in [0.29, 0.717) is 12.5 Å². The van der Waals surface area contributed by atoms with Crippen LogP contribution in [0.2, 0.25) is 0 Å². The third-order valence-electron chi connectivity index (χ3n) is 5.28. The van der Waals surface area contributed by atoms with Crippen LogP contribution in [0.15, 0.2) is 0 Å². The third kappa shape index (κ3) is 1.53. The van der Waals surface area contributed by atoms with Crippen LogP contribution in [0.3, 0.4) is 0 Å². The molecule has 0 aromatic heterocycles. The molecule has 92 valence electrons. The maximum absolute atomic E-state index is 10.8. The summed E-state index contributed by atoms with van der Waals surface area (Å²) >= 11 is 0. The van der Waals surface area contributed by atoms with Crippen molar-refractivity contribution < 1.29 is 9.84 Å². The van der Waals surface area contributed by atoms with Gasteiger partial charge in [0.25, 0.3) is 0 Å². The zero-order valence-electron chi connectivity index (χ0n) is 10.5. The maximum Gasteiger partial charge on any atom is 0.0913 e. The molecule has 2 bridgehead atoms. The molecular weight excluding hydrogens is 200 g/mol. The lowest BCUT2D eigenvalue weighted by Crippen LogP contribution is -2.45. The highest BCUT2D eigenvalue weighted by molar-refractivity contribution is 5.10. The Morgan fingerprint density at radius 3 is 2.81 bits per heavy atom. The van der Waals surface area contributed by atoms with Crippen molar-refractivity contribution >= 4 is 0 Å². The second-order valence-electron chi connectivity index (χ2n) is 6.53. The minimum Gasteiger partial charge on any atom is -0.387 e. The fourth-order valence-electron chi connectivity index (χ4n) is 4.71. The monoisotopic (exact) mass is 224 g/mol. The number of aliphatic hydroxyl groups is 1. The summed E-state index contributed by atoms with van der Waals surface area (Å²) in [6.07, 6.45) is 6.69. The van der Waals surface area contributed by atoms with E-state index in [-0.39, 0.29) is 6.10 Å². The highest BCUT2D eigenvalue weighted by atomic mass is 16.5. The largest absolute Gasteiger partial charge is 0.387 e. The van der Waals surface area contributed by atoms with Gasteiger partial charge in [-0.2, -0.15) is 0 Å². The minimum atomic E-state index is -0.486. The van der Waals surface area contributed by atoms with Crippen molar-refractivity contribution in [2.24, 2.45) is 23.7 Å². The Morgan fingerprint density at radius 2 is 2.06 bits per heavy atom. The van der Waals surface area contributed by atoms with E-state index in [1.807, 2.05) is 0 Å². The predicted octanol–water partition coefficient (Wildman–Crippen LogP) is 2.60. The van der Waals surface area contributed by atoms with Crippen molar-refractivity contribution in [3.8, 4) is 0 Å². The number of rotatable bonds is 3. The summed E-state index contributed by atoms with van der Waals surface area (Å²) in [6.45, 7) is 4.67. The van der Waals surface area contributed by atoms with Crippen LogP contribution in [0.4, 0.5) is 0 Å². The molecule has 3 saturated carbocycles. The van der Waals surface area contributed by atoms with Gasteiger partial charge in [-0.05, 0) is 63.2 Å². The Hall–Kier alpha value is -0.0800. The van der Waals surface area contributed by atoms with Crippen LogP contribution in [0.5, 0.6) is 0 Å². The summed E-state index contributed by atoms with van der Waals surface area (Å²) < 4.78 is 5.68. The molecule has 2 heteroatoms. The van der Waals surface area contributed by atoms with Crippen LogP contribution < -0.4 is 0 Å². The molecule has 2 nitrogen and oxygen atoms in total. The van der Waals surface area contributed by atoms with E-state index in [9.17, 15) is 5.11 Å². The van der Waals surface area contributed by atoms with E-state index in [2.05, 4.69) is 13.8 Å². The first-order chi connectivity index (χ1) is 7.60. The molecule has 16 heavy (non-hydrogen) atoms. The summed E-state index contributed by atoms with van der Waals surface area (Å²) in [7, 11) is 0. The lowest BCUT2D eigenvalue weighted by atomic mass is 9.73. The van der Waals surface area contributed by atoms with Gasteiger partial charge in [0.15, 0.2) is 0 Å². The average Bonchev–Trinajstić information content (AvgIpc) is 2.84. The number of hydrogen-bond donors (Lipinski definition) is 1. The predicted molar refractivity (Wildman–Crippen MR) is 63.1 cm³/mol. The molecule has 3 fully saturated rings. The minimum absolute atomic E-state index is 0.238. The van der Waals surface area contributed by atoms with Gasteiger partial charge in [0.05, 0.1) is 18.3 Å². The van der Waals surface area contributed by atoms with Crippen molar-refractivity contribution in [1.82, 2.24) is 0 Å². The normalized spacial score (nSPS) is 50.2. The standard InChI is InChI=1S/C14H24O2/c1-9(2)16-8-14(15)7-10-6-13(14)12-5-3-4-11(10)12/h9-13,15H,3-8H2,1-2H3. The summed E-state index contributed by atoms with van der Waals surface area (Å²) in [6, 6.07) is 0. The summed E-state index contributed by atoms with van der Waals surface area (Å²) in [5.74, 6) is 3.12. The quantitative estimate of drug-likeness (QED) is 0.798. The van der Waals surface area contributed by atoms with Crippen LogP contribution in [0, 0.1) is 23.7 Å². The van der Waals surface area contributed by atoms with Gasteiger partial charge in [-0.3, -0.25) is 0 Å². The summed E-state index contributed by atoms with van der Waals surface area (Å²) in [4.78, 5) is 0. The van der Waals surface area contributed by atoms with Gasteiger partial charge in [-0.15, -0.1) is 0 Å². The highest BCUT2D eigenvalue weighted by Crippen LogP contribution is 2.62. The van der Waals surface area contributed by atoms with Crippen molar-refractivity contribution in [1.29, 1.82) is 0 Å². The van der Waals surface area contributed by atoms with E-state index in [1.54, 1.807) is 0 Å². The van der Waals surface area contributed by atoms with E-state index >= 15 is 0 Å². The first-order valence-corrected chi connectivity index (χ1v) is 6.94. The molecule has 3 aliphatic rings. The molecule has 1 N–H and O–H groups in total.